The number of rotatable bonds is 7. The van der Waals surface area contributed by atoms with Crippen molar-refractivity contribution in [1.29, 1.82) is 0 Å². The first-order chi connectivity index (χ1) is 14.5. The average molecular weight is 543 g/mol. The van der Waals surface area contributed by atoms with E-state index >= 15 is 0 Å². The first kappa shape index (κ1) is 30.1. The molecule has 1 rings (SSSR count). The van der Waals surface area contributed by atoms with E-state index in [2.05, 4.69) is 0 Å². The van der Waals surface area contributed by atoms with Gasteiger partial charge in [-0.05, 0) is 20.8 Å². The summed E-state index contributed by atoms with van der Waals surface area (Å²) in [6, 6.07) is -6.63. The number of imidazole rings is 1. The van der Waals surface area contributed by atoms with Crippen LogP contribution >= 0.6 is 0 Å². The second-order valence-corrected chi connectivity index (χ2v) is 7.88. The maximum absolute atomic E-state index is 14.1. The Morgan fingerprint density at radius 3 is 1.12 bits per heavy atom. The van der Waals surface area contributed by atoms with E-state index in [1.54, 1.807) is 0 Å². The molecular weight excluding hydrogens is 531 g/mol. The lowest BCUT2D eigenvalue weighted by Gasteiger charge is -2.42. The lowest BCUT2D eigenvalue weighted by molar-refractivity contribution is -0.754. The van der Waals surface area contributed by atoms with Crippen LogP contribution in [0.25, 0.3) is 0 Å². The minimum absolute atomic E-state index is 0.104. The van der Waals surface area contributed by atoms with E-state index in [-0.39, 0.29) is 12.5 Å². The van der Waals surface area contributed by atoms with Crippen molar-refractivity contribution < 1.29 is 79.2 Å². The third-order valence-electron chi connectivity index (χ3n) is 4.44. The van der Waals surface area contributed by atoms with Crippen molar-refractivity contribution in [3.63, 3.8) is 0 Å². The van der Waals surface area contributed by atoms with Crippen molar-refractivity contribution in [1.82, 2.24) is 4.57 Å². The fourth-order valence-corrected chi connectivity index (χ4v) is 2.24. The van der Waals surface area contributed by atoms with Gasteiger partial charge in [0.2, 0.25) is 6.33 Å². The lowest BCUT2D eigenvalue weighted by atomic mass is 9.90. The van der Waals surface area contributed by atoms with Crippen LogP contribution in [0, 0.1) is 0 Å². The van der Waals surface area contributed by atoms with Crippen LogP contribution in [0.5, 0.6) is 0 Å². The Morgan fingerprint density at radius 2 is 0.824 bits per heavy atom. The summed E-state index contributed by atoms with van der Waals surface area (Å²) >= 11 is 0. The third kappa shape index (κ3) is 3.76. The largest absolute Gasteiger partial charge is 0.469 e. The standard InChI is InChI=1S/C15H12F17N2/c1-7(2,3)33-4-5-34(6-33)15(31,32)13(26,27)11(22,23)9(18,19)8(16,17)10(20,21)12(24,25)14(28,29)30/h4-6H,1-3H3/q+1. The topological polar surface area (TPSA) is 8.81 Å². The zero-order chi connectivity index (χ0) is 27.8. The SMILES string of the molecule is CC(C)(C)[n+]1ccn(C(F)(F)C(F)(F)C(F)(F)C(F)(F)C(F)(F)C(F)(F)C(F)(F)C(F)(F)F)c1. The lowest BCUT2D eigenvalue weighted by Crippen LogP contribution is -2.74. The normalized spacial score (nSPS) is 16.2. The van der Waals surface area contributed by atoms with E-state index in [9.17, 15) is 74.6 Å². The molecular formula is C15H12F17N2+. The molecule has 0 aromatic carbocycles. The van der Waals surface area contributed by atoms with Gasteiger partial charge < -0.3 is 0 Å². The van der Waals surface area contributed by atoms with Gasteiger partial charge in [0.1, 0.15) is 17.9 Å². The molecule has 0 spiro atoms. The van der Waals surface area contributed by atoms with Crippen LogP contribution in [0.15, 0.2) is 18.7 Å². The summed E-state index contributed by atoms with van der Waals surface area (Å²) in [5.41, 5.74) is -1.25. The second-order valence-electron chi connectivity index (χ2n) is 7.88. The highest BCUT2D eigenvalue weighted by Crippen LogP contribution is 2.64. The van der Waals surface area contributed by atoms with Gasteiger partial charge in [0.15, 0.2) is 0 Å². The van der Waals surface area contributed by atoms with Gasteiger partial charge in [-0.3, -0.25) is 0 Å². The molecule has 34 heavy (non-hydrogen) atoms. The molecule has 0 radical (unpaired) electrons. The van der Waals surface area contributed by atoms with Crippen molar-refractivity contribution in [2.75, 3.05) is 0 Å². The Balaban J connectivity index is 3.70. The molecule has 0 atom stereocenters. The van der Waals surface area contributed by atoms with Gasteiger partial charge in [0, 0.05) is 0 Å². The van der Waals surface area contributed by atoms with Gasteiger partial charge in [-0.2, -0.15) is 79.2 Å². The van der Waals surface area contributed by atoms with Crippen LogP contribution in [0.1, 0.15) is 20.8 Å². The number of aromatic nitrogens is 2. The Bertz CT molecular complexity index is 887. The van der Waals surface area contributed by atoms with Crippen molar-refractivity contribution in [3.05, 3.63) is 18.7 Å². The molecule has 0 bridgehead atoms. The van der Waals surface area contributed by atoms with Crippen LogP contribution in [-0.4, -0.2) is 46.3 Å². The zero-order valence-corrected chi connectivity index (χ0v) is 16.6. The van der Waals surface area contributed by atoms with Crippen molar-refractivity contribution in [3.8, 4) is 0 Å². The molecule has 1 aromatic heterocycles. The molecule has 2 nitrogen and oxygen atoms in total. The van der Waals surface area contributed by atoms with E-state index in [0.29, 0.717) is 10.8 Å². The number of alkyl halides is 17. The highest BCUT2D eigenvalue weighted by atomic mass is 19.4. The van der Waals surface area contributed by atoms with Crippen LogP contribution < -0.4 is 4.57 Å². The van der Waals surface area contributed by atoms with Gasteiger partial charge in [-0.15, -0.1) is 0 Å². The molecule has 1 aromatic rings. The Kier molecular flexibility index (Phi) is 6.64. The van der Waals surface area contributed by atoms with Gasteiger partial charge in [0.25, 0.3) is 0 Å². The van der Waals surface area contributed by atoms with Crippen molar-refractivity contribution in [2.45, 2.75) is 74.1 Å². The van der Waals surface area contributed by atoms with Crippen LogP contribution in [0.2, 0.25) is 0 Å². The average Bonchev–Trinajstić information content (AvgIpc) is 3.10. The molecule has 0 aliphatic rings. The molecule has 0 amide bonds. The highest BCUT2D eigenvalue weighted by molar-refractivity contribution is 5.14. The molecule has 0 aliphatic carbocycles. The Morgan fingerprint density at radius 1 is 0.500 bits per heavy atom. The summed E-state index contributed by atoms with van der Waals surface area (Å²) in [7, 11) is 0. The number of halogens is 17. The molecule has 0 saturated heterocycles. The predicted octanol–water partition coefficient (Wildman–Crippen LogP) is 6.45. The zero-order valence-electron chi connectivity index (χ0n) is 16.6. The van der Waals surface area contributed by atoms with Gasteiger partial charge >= 0.3 is 47.8 Å². The van der Waals surface area contributed by atoms with Crippen molar-refractivity contribution >= 4 is 0 Å². The maximum Gasteiger partial charge on any atom is 0.469 e. The highest BCUT2D eigenvalue weighted by Gasteiger charge is 2.96. The van der Waals surface area contributed by atoms with E-state index in [1.165, 1.54) is 20.8 Å². The summed E-state index contributed by atoms with van der Waals surface area (Å²) in [5.74, 6) is -50.0. The Labute approximate surface area is 177 Å². The monoisotopic (exact) mass is 543 g/mol. The molecule has 0 saturated carbocycles. The summed E-state index contributed by atoms with van der Waals surface area (Å²) in [4.78, 5) is 0. The van der Waals surface area contributed by atoms with Gasteiger partial charge in [-0.25, -0.2) is 4.57 Å². The molecule has 1 heterocycles. The van der Waals surface area contributed by atoms with Gasteiger partial charge in [0.05, 0.1) is 0 Å². The first-order valence-electron chi connectivity index (χ1n) is 8.28. The number of nitrogens with zero attached hydrogens (tertiary/aromatic N) is 2. The molecule has 200 valence electrons. The smallest absolute Gasteiger partial charge is 0.232 e. The summed E-state index contributed by atoms with van der Waals surface area (Å²) in [5, 5.41) is 0. The minimum atomic E-state index is -8.63. The van der Waals surface area contributed by atoms with E-state index in [0.717, 1.165) is 0 Å². The predicted molar refractivity (Wildman–Crippen MR) is 75.5 cm³/mol. The minimum Gasteiger partial charge on any atom is -0.232 e. The molecule has 0 unspecified atom stereocenters. The van der Waals surface area contributed by atoms with E-state index < -0.39 is 57.9 Å². The summed E-state index contributed by atoms with van der Waals surface area (Å²) < 4.78 is 225. The quantitative estimate of drug-likeness (QED) is 0.276. The molecule has 19 heteroatoms. The van der Waals surface area contributed by atoms with E-state index in [4.69, 9.17) is 0 Å². The fourth-order valence-electron chi connectivity index (χ4n) is 2.24. The summed E-state index contributed by atoms with van der Waals surface area (Å²) in [6.45, 7) is 3.67. The fraction of sp³-hybridized carbons (Fsp3) is 0.800. The molecule has 0 fully saturated rings. The Hall–Kier alpha value is -1.98. The molecule has 0 aliphatic heterocycles. The van der Waals surface area contributed by atoms with E-state index in [1.807, 2.05) is 0 Å². The number of hydrogen-bond acceptors (Lipinski definition) is 0. The maximum atomic E-state index is 14.1. The second kappa shape index (κ2) is 7.51. The van der Waals surface area contributed by atoms with Gasteiger partial charge in [-0.1, -0.05) is 0 Å². The third-order valence-corrected chi connectivity index (χ3v) is 4.44. The number of hydrogen-bond donors (Lipinski definition) is 0. The van der Waals surface area contributed by atoms with Crippen LogP contribution in [0.3, 0.4) is 0 Å². The summed E-state index contributed by atoms with van der Waals surface area (Å²) in [6.07, 6.45) is -7.53. The van der Waals surface area contributed by atoms with Crippen LogP contribution in [0.4, 0.5) is 74.6 Å². The van der Waals surface area contributed by atoms with Crippen molar-refractivity contribution in [2.24, 2.45) is 0 Å². The first-order valence-corrected chi connectivity index (χ1v) is 8.28. The molecule has 0 N–H and O–H groups in total. The van der Waals surface area contributed by atoms with Crippen LogP contribution in [-0.2, 0) is 11.6 Å².